The van der Waals surface area contributed by atoms with E-state index in [1.807, 2.05) is 0 Å². The number of nitrogens with zero attached hydrogens (tertiary/aromatic N) is 1. The zero-order valence-electron chi connectivity index (χ0n) is 7.28. The SMILES string of the molecule is Cc1cc(F)c([N+](=O)[O-])c2sccc12. The molecule has 0 fully saturated rings. The summed E-state index contributed by atoms with van der Waals surface area (Å²) in [5, 5.41) is 13.1. The number of thiophene rings is 1. The molecule has 0 aliphatic carbocycles. The zero-order valence-corrected chi connectivity index (χ0v) is 8.10. The third-order valence-corrected chi connectivity index (χ3v) is 2.98. The van der Waals surface area contributed by atoms with Crippen LogP contribution < -0.4 is 0 Å². The Morgan fingerprint density at radius 3 is 2.93 bits per heavy atom. The van der Waals surface area contributed by atoms with Crippen molar-refractivity contribution in [3.8, 4) is 0 Å². The fourth-order valence-corrected chi connectivity index (χ4v) is 2.40. The highest BCUT2D eigenvalue weighted by Gasteiger charge is 2.20. The molecule has 5 heteroatoms. The lowest BCUT2D eigenvalue weighted by molar-refractivity contribution is -0.385. The maximum Gasteiger partial charge on any atom is 0.322 e. The van der Waals surface area contributed by atoms with Gasteiger partial charge in [0.15, 0.2) is 0 Å². The van der Waals surface area contributed by atoms with Crippen LogP contribution in [0.3, 0.4) is 0 Å². The van der Waals surface area contributed by atoms with Gasteiger partial charge in [-0.05, 0) is 30.0 Å². The minimum absolute atomic E-state index is 0.410. The second-order valence-corrected chi connectivity index (χ2v) is 3.86. The van der Waals surface area contributed by atoms with Crippen LogP contribution in [0, 0.1) is 22.9 Å². The van der Waals surface area contributed by atoms with Gasteiger partial charge in [-0.1, -0.05) is 0 Å². The predicted octanol–water partition coefficient (Wildman–Crippen LogP) is 3.26. The second kappa shape index (κ2) is 3.02. The molecule has 0 aliphatic rings. The van der Waals surface area contributed by atoms with Crippen molar-refractivity contribution in [2.24, 2.45) is 0 Å². The van der Waals surface area contributed by atoms with E-state index in [1.54, 1.807) is 18.4 Å². The molecule has 72 valence electrons. The summed E-state index contributed by atoms with van der Waals surface area (Å²) >= 11 is 1.19. The Morgan fingerprint density at radius 2 is 2.29 bits per heavy atom. The van der Waals surface area contributed by atoms with Crippen LogP contribution in [-0.4, -0.2) is 4.92 Å². The maximum absolute atomic E-state index is 13.3. The zero-order chi connectivity index (χ0) is 10.3. The molecule has 0 spiro atoms. The summed E-state index contributed by atoms with van der Waals surface area (Å²) in [6, 6.07) is 2.97. The first kappa shape index (κ1) is 9.08. The van der Waals surface area contributed by atoms with E-state index < -0.39 is 16.4 Å². The van der Waals surface area contributed by atoms with Gasteiger partial charge in [0.05, 0.1) is 4.92 Å². The fraction of sp³-hybridized carbons (Fsp3) is 0.111. The summed E-state index contributed by atoms with van der Waals surface area (Å²) in [6.45, 7) is 1.74. The molecule has 0 N–H and O–H groups in total. The van der Waals surface area contributed by atoms with E-state index in [9.17, 15) is 14.5 Å². The van der Waals surface area contributed by atoms with Crippen molar-refractivity contribution in [2.45, 2.75) is 6.92 Å². The highest BCUT2D eigenvalue weighted by atomic mass is 32.1. The van der Waals surface area contributed by atoms with Crippen molar-refractivity contribution in [1.82, 2.24) is 0 Å². The first-order valence-corrected chi connectivity index (χ1v) is 4.80. The molecule has 0 aliphatic heterocycles. The highest BCUT2D eigenvalue weighted by Crippen LogP contribution is 2.34. The number of aryl methyl sites for hydroxylation is 1. The molecule has 3 nitrogen and oxygen atoms in total. The van der Waals surface area contributed by atoms with Crippen molar-refractivity contribution in [3.63, 3.8) is 0 Å². The van der Waals surface area contributed by atoms with Crippen LogP contribution in [0.25, 0.3) is 10.1 Å². The molecule has 0 bridgehead atoms. The minimum Gasteiger partial charge on any atom is -0.258 e. The van der Waals surface area contributed by atoms with E-state index in [0.717, 1.165) is 10.9 Å². The van der Waals surface area contributed by atoms with Gasteiger partial charge in [-0.3, -0.25) is 10.1 Å². The Labute approximate surface area is 82.9 Å². The Hall–Kier alpha value is -1.49. The van der Waals surface area contributed by atoms with E-state index in [1.165, 1.54) is 17.4 Å². The summed E-state index contributed by atoms with van der Waals surface area (Å²) < 4.78 is 13.7. The van der Waals surface area contributed by atoms with Crippen molar-refractivity contribution < 1.29 is 9.31 Å². The molecule has 2 aromatic rings. The summed E-state index contributed by atoms with van der Waals surface area (Å²) in [6.07, 6.45) is 0. The van der Waals surface area contributed by atoms with Crippen molar-refractivity contribution in [1.29, 1.82) is 0 Å². The molecule has 0 saturated carbocycles. The van der Waals surface area contributed by atoms with Gasteiger partial charge < -0.3 is 0 Å². The molecule has 0 saturated heterocycles. The van der Waals surface area contributed by atoms with Crippen molar-refractivity contribution in [3.05, 3.63) is 39.0 Å². The van der Waals surface area contributed by atoms with Crippen molar-refractivity contribution in [2.75, 3.05) is 0 Å². The summed E-state index contributed by atoms with van der Waals surface area (Å²) in [5.41, 5.74) is 0.310. The number of fused-ring (bicyclic) bond motifs is 1. The number of hydrogen-bond donors (Lipinski definition) is 0. The highest BCUT2D eigenvalue weighted by molar-refractivity contribution is 7.17. The molecule has 0 radical (unpaired) electrons. The molecule has 0 amide bonds. The van der Waals surface area contributed by atoms with Crippen LogP contribution in [0.1, 0.15) is 5.56 Å². The van der Waals surface area contributed by atoms with Gasteiger partial charge >= 0.3 is 5.69 Å². The topological polar surface area (TPSA) is 43.1 Å². The smallest absolute Gasteiger partial charge is 0.258 e. The lowest BCUT2D eigenvalue weighted by Gasteiger charge is -1.98. The molecule has 1 aromatic carbocycles. The number of benzene rings is 1. The Kier molecular flexibility index (Phi) is 1.96. The first-order valence-electron chi connectivity index (χ1n) is 3.92. The standard InChI is InChI=1S/C9H6FNO2S/c1-5-4-7(10)8(11(12)13)9-6(5)2-3-14-9/h2-4H,1H3. The fourth-order valence-electron chi connectivity index (χ4n) is 1.42. The lowest BCUT2D eigenvalue weighted by Crippen LogP contribution is -1.93. The molecule has 2 rings (SSSR count). The average Bonchev–Trinajstić information content (AvgIpc) is 2.51. The number of hydrogen-bond acceptors (Lipinski definition) is 3. The minimum atomic E-state index is -0.762. The van der Waals surface area contributed by atoms with Crippen LogP contribution in [0.2, 0.25) is 0 Å². The predicted molar refractivity (Wildman–Crippen MR) is 53.2 cm³/mol. The number of nitro benzene ring substituents is 1. The average molecular weight is 211 g/mol. The van der Waals surface area contributed by atoms with Gasteiger partial charge in [0.25, 0.3) is 0 Å². The Balaban J connectivity index is 2.93. The number of nitro groups is 1. The summed E-state index contributed by atoms with van der Waals surface area (Å²) in [7, 11) is 0. The largest absolute Gasteiger partial charge is 0.322 e. The second-order valence-electron chi connectivity index (χ2n) is 2.94. The van der Waals surface area contributed by atoms with Gasteiger partial charge in [-0.2, -0.15) is 4.39 Å². The van der Waals surface area contributed by atoms with Gasteiger partial charge in [0.1, 0.15) is 4.70 Å². The van der Waals surface area contributed by atoms with E-state index in [-0.39, 0.29) is 0 Å². The third kappa shape index (κ3) is 1.17. The third-order valence-electron chi connectivity index (χ3n) is 2.06. The first-order chi connectivity index (χ1) is 6.61. The normalized spacial score (nSPS) is 10.7. The summed E-state index contributed by atoms with van der Waals surface area (Å²) in [4.78, 5) is 9.94. The van der Waals surface area contributed by atoms with Crippen LogP contribution in [0.4, 0.5) is 10.1 Å². The molecule has 0 atom stereocenters. The van der Waals surface area contributed by atoms with E-state index >= 15 is 0 Å². The molecule has 1 heterocycles. The van der Waals surface area contributed by atoms with Crippen LogP contribution in [0.5, 0.6) is 0 Å². The van der Waals surface area contributed by atoms with Gasteiger partial charge in [0, 0.05) is 5.39 Å². The molecule has 1 aromatic heterocycles. The molecular formula is C9H6FNO2S. The maximum atomic E-state index is 13.3. The van der Waals surface area contributed by atoms with E-state index in [4.69, 9.17) is 0 Å². The van der Waals surface area contributed by atoms with E-state index in [0.29, 0.717) is 4.70 Å². The van der Waals surface area contributed by atoms with Crippen molar-refractivity contribution >= 4 is 27.1 Å². The Morgan fingerprint density at radius 1 is 1.57 bits per heavy atom. The Bertz CT molecular complexity index is 521. The monoisotopic (exact) mass is 211 g/mol. The van der Waals surface area contributed by atoms with Crippen LogP contribution in [-0.2, 0) is 0 Å². The summed E-state index contributed by atoms with van der Waals surface area (Å²) in [5.74, 6) is -0.762. The van der Waals surface area contributed by atoms with Gasteiger partial charge in [-0.25, -0.2) is 0 Å². The molecule has 0 unspecified atom stereocenters. The molecule has 14 heavy (non-hydrogen) atoms. The van der Waals surface area contributed by atoms with Gasteiger partial charge in [0.2, 0.25) is 5.82 Å². The van der Waals surface area contributed by atoms with Crippen LogP contribution >= 0.6 is 11.3 Å². The quantitative estimate of drug-likeness (QED) is 0.536. The number of rotatable bonds is 1. The molecular weight excluding hydrogens is 205 g/mol. The van der Waals surface area contributed by atoms with Gasteiger partial charge in [-0.15, -0.1) is 11.3 Å². The van der Waals surface area contributed by atoms with Crippen LogP contribution in [0.15, 0.2) is 17.5 Å². The number of halogens is 1. The lowest BCUT2D eigenvalue weighted by atomic mass is 10.1. The van der Waals surface area contributed by atoms with E-state index in [2.05, 4.69) is 0 Å².